The largest absolute Gasteiger partial charge is 0.208 e. The summed E-state index contributed by atoms with van der Waals surface area (Å²) in [7, 11) is 0. The molecule has 0 fully saturated rings. The fourth-order valence-electron chi connectivity index (χ4n) is 7.81. The van der Waals surface area contributed by atoms with Crippen LogP contribution in [0, 0.1) is 11.3 Å². The van der Waals surface area contributed by atoms with Gasteiger partial charge in [0.15, 0.2) is 17.5 Å². The van der Waals surface area contributed by atoms with Crippen LogP contribution in [0.5, 0.6) is 0 Å². The van der Waals surface area contributed by atoms with Crippen molar-refractivity contribution in [2.24, 2.45) is 0 Å². The van der Waals surface area contributed by atoms with Crippen LogP contribution in [0.3, 0.4) is 0 Å². The van der Waals surface area contributed by atoms with Gasteiger partial charge in [0, 0.05) is 22.1 Å². The highest BCUT2D eigenvalue weighted by Crippen LogP contribution is 2.43. The van der Waals surface area contributed by atoms with Crippen molar-refractivity contribution in [1.82, 2.24) is 15.0 Å². The van der Waals surface area contributed by atoms with Crippen molar-refractivity contribution in [3.05, 3.63) is 188 Å². The van der Waals surface area contributed by atoms with E-state index < -0.39 is 0 Å². The SMILES string of the molecule is N#Cc1ccc(-c2cc3c4ccccc4c(-c4cccc(-c5nc(-c6ccccc6)nc(-c6ccccc6)n5)c4)cc3c3ccccc23)c2ccccc12. The molecule has 54 heavy (non-hydrogen) atoms. The number of hydrogen-bond donors (Lipinski definition) is 0. The summed E-state index contributed by atoms with van der Waals surface area (Å²) < 4.78 is 0. The highest BCUT2D eigenvalue weighted by molar-refractivity contribution is 6.24. The van der Waals surface area contributed by atoms with Gasteiger partial charge in [-0.3, -0.25) is 0 Å². The summed E-state index contributed by atoms with van der Waals surface area (Å²) in [4.78, 5) is 14.9. The molecule has 0 spiro atoms. The van der Waals surface area contributed by atoms with Gasteiger partial charge in [-0.15, -0.1) is 0 Å². The summed E-state index contributed by atoms with van der Waals surface area (Å²) >= 11 is 0. The Bertz CT molecular complexity index is 3050. The van der Waals surface area contributed by atoms with Crippen molar-refractivity contribution in [2.45, 2.75) is 0 Å². The van der Waals surface area contributed by atoms with Crippen LogP contribution in [0.15, 0.2) is 182 Å². The molecule has 0 atom stereocenters. The molecule has 4 nitrogen and oxygen atoms in total. The van der Waals surface area contributed by atoms with Gasteiger partial charge in [0.1, 0.15) is 0 Å². The molecule has 0 amide bonds. The van der Waals surface area contributed by atoms with E-state index in [9.17, 15) is 5.26 Å². The molecule has 1 aromatic heterocycles. The van der Waals surface area contributed by atoms with Crippen molar-refractivity contribution >= 4 is 43.1 Å². The van der Waals surface area contributed by atoms with Crippen molar-refractivity contribution in [3.63, 3.8) is 0 Å². The lowest BCUT2D eigenvalue weighted by molar-refractivity contribution is 1.07. The maximum Gasteiger partial charge on any atom is 0.164 e. The summed E-state index contributed by atoms with van der Waals surface area (Å²) in [6.07, 6.45) is 0. The van der Waals surface area contributed by atoms with E-state index in [1.54, 1.807) is 0 Å². The Balaban J connectivity index is 1.19. The van der Waals surface area contributed by atoms with E-state index in [0.29, 0.717) is 23.0 Å². The zero-order valence-electron chi connectivity index (χ0n) is 29.1. The molecule has 0 unspecified atom stereocenters. The van der Waals surface area contributed by atoms with E-state index in [1.807, 2.05) is 84.9 Å². The Kier molecular flexibility index (Phi) is 7.49. The number of benzene rings is 9. The normalized spacial score (nSPS) is 11.3. The Morgan fingerprint density at radius 3 is 1.30 bits per heavy atom. The first kappa shape index (κ1) is 31.3. The van der Waals surface area contributed by atoms with Gasteiger partial charge >= 0.3 is 0 Å². The standard InChI is InChI=1S/C50H30N4/c51-31-36-26-27-43(38-21-8-7-20-37(36)38)45-30-47-40-23-10-9-22-39(40)44(29-46(47)42-25-12-11-24-41(42)45)34-18-13-19-35(28-34)50-53-48(32-14-3-1-4-15-32)52-49(54-50)33-16-5-2-6-17-33/h1-30H. The summed E-state index contributed by atoms with van der Waals surface area (Å²) in [5, 5.41) is 19.0. The minimum absolute atomic E-state index is 0.624. The van der Waals surface area contributed by atoms with Crippen molar-refractivity contribution in [2.75, 3.05) is 0 Å². The lowest BCUT2D eigenvalue weighted by Crippen LogP contribution is -2.00. The van der Waals surface area contributed by atoms with Gasteiger partial charge in [-0.2, -0.15) is 5.26 Å². The predicted octanol–water partition coefficient (Wildman–Crippen LogP) is 12.7. The van der Waals surface area contributed by atoms with Crippen molar-refractivity contribution in [3.8, 4) is 62.5 Å². The lowest BCUT2D eigenvalue weighted by atomic mass is 9.86. The highest BCUT2D eigenvalue weighted by Gasteiger charge is 2.18. The topological polar surface area (TPSA) is 62.5 Å². The van der Waals surface area contributed by atoms with Gasteiger partial charge in [-0.1, -0.05) is 158 Å². The van der Waals surface area contributed by atoms with Gasteiger partial charge in [0.25, 0.3) is 0 Å². The summed E-state index contributed by atoms with van der Waals surface area (Å²) in [6.45, 7) is 0. The van der Waals surface area contributed by atoms with Crippen molar-refractivity contribution in [1.29, 1.82) is 5.26 Å². The average Bonchev–Trinajstić information content (AvgIpc) is 3.26. The Hall–Kier alpha value is -7.48. The molecule has 4 heteroatoms. The molecule has 0 saturated heterocycles. The van der Waals surface area contributed by atoms with E-state index in [-0.39, 0.29) is 0 Å². The Labute approximate surface area is 312 Å². The summed E-state index contributed by atoms with van der Waals surface area (Å²) in [6, 6.07) is 65.4. The number of fused-ring (bicyclic) bond motifs is 6. The van der Waals surface area contributed by atoms with E-state index in [0.717, 1.165) is 49.7 Å². The van der Waals surface area contributed by atoms with Crippen LogP contribution in [0.25, 0.3) is 99.5 Å². The second kappa shape index (κ2) is 12.9. The van der Waals surface area contributed by atoms with Crippen LogP contribution >= 0.6 is 0 Å². The molecule has 250 valence electrons. The second-order valence-electron chi connectivity index (χ2n) is 13.5. The molecule has 0 aliphatic heterocycles. The van der Waals surface area contributed by atoms with E-state index in [2.05, 4.69) is 103 Å². The monoisotopic (exact) mass is 686 g/mol. The third-order valence-electron chi connectivity index (χ3n) is 10.3. The van der Waals surface area contributed by atoms with Crippen LogP contribution in [-0.2, 0) is 0 Å². The van der Waals surface area contributed by atoms with Crippen LogP contribution in [-0.4, -0.2) is 15.0 Å². The molecular formula is C50H30N4. The molecule has 10 rings (SSSR count). The number of rotatable bonds is 5. The minimum Gasteiger partial charge on any atom is -0.208 e. The highest BCUT2D eigenvalue weighted by atomic mass is 15.0. The van der Waals surface area contributed by atoms with Gasteiger partial charge in [-0.25, -0.2) is 15.0 Å². The van der Waals surface area contributed by atoms with E-state index >= 15 is 0 Å². The predicted molar refractivity (Wildman–Crippen MR) is 222 cm³/mol. The van der Waals surface area contributed by atoms with Gasteiger partial charge in [0.2, 0.25) is 0 Å². The van der Waals surface area contributed by atoms with Crippen LogP contribution < -0.4 is 0 Å². The first-order valence-electron chi connectivity index (χ1n) is 18.0. The zero-order valence-corrected chi connectivity index (χ0v) is 29.1. The maximum atomic E-state index is 9.89. The number of nitriles is 1. The third kappa shape index (κ3) is 5.27. The van der Waals surface area contributed by atoms with Crippen molar-refractivity contribution < 1.29 is 0 Å². The average molecular weight is 687 g/mol. The fraction of sp³-hybridized carbons (Fsp3) is 0. The Morgan fingerprint density at radius 1 is 0.296 bits per heavy atom. The van der Waals surface area contributed by atoms with Gasteiger partial charge in [-0.05, 0) is 84.2 Å². The smallest absolute Gasteiger partial charge is 0.164 e. The van der Waals surface area contributed by atoms with E-state index in [1.165, 1.54) is 32.3 Å². The van der Waals surface area contributed by atoms with Gasteiger partial charge in [0.05, 0.1) is 11.6 Å². The quantitative estimate of drug-likeness (QED) is 0.169. The second-order valence-corrected chi connectivity index (χ2v) is 13.5. The number of hydrogen-bond acceptors (Lipinski definition) is 4. The first-order chi connectivity index (χ1) is 26.7. The Morgan fingerprint density at radius 2 is 0.722 bits per heavy atom. The molecule has 9 aromatic carbocycles. The molecule has 0 N–H and O–H groups in total. The number of aromatic nitrogens is 3. The minimum atomic E-state index is 0.624. The molecule has 1 heterocycles. The van der Waals surface area contributed by atoms with E-state index in [4.69, 9.17) is 15.0 Å². The van der Waals surface area contributed by atoms with Crippen LogP contribution in [0.4, 0.5) is 0 Å². The molecule has 0 aliphatic rings. The summed E-state index contributed by atoms with van der Waals surface area (Å²) in [5.41, 5.74) is 7.97. The first-order valence-corrected chi connectivity index (χ1v) is 18.0. The summed E-state index contributed by atoms with van der Waals surface area (Å²) in [5.74, 6) is 1.90. The molecule has 0 bridgehead atoms. The molecule has 10 aromatic rings. The molecule has 0 radical (unpaired) electrons. The maximum absolute atomic E-state index is 9.89. The van der Waals surface area contributed by atoms with Crippen LogP contribution in [0.2, 0.25) is 0 Å². The van der Waals surface area contributed by atoms with Gasteiger partial charge < -0.3 is 0 Å². The number of nitrogens with zero attached hydrogens (tertiary/aromatic N) is 4. The lowest BCUT2D eigenvalue weighted by Gasteiger charge is -2.17. The third-order valence-corrected chi connectivity index (χ3v) is 10.3. The molecule has 0 aliphatic carbocycles. The molecule has 0 saturated carbocycles. The van der Waals surface area contributed by atoms with Crippen LogP contribution in [0.1, 0.15) is 5.56 Å². The zero-order chi connectivity index (χ0) is 36.0. The fourth-order valence-corrected chi connectivity index (χ4v) is 7.81. The molecular weight excluding hydrogens is 657 g/mol.